The smallest absolute Gasteiger partial charge is 0.110 e. The van der Waals surface area contributed by atoms with E-state index in [2.05, 4.69) is 216 Å². The Kier molecular flexibility index (Phi) is 7.90. The molecule has 0 unspecified atom stereocenters. The lowest BCUT2D eigenvalue weighted by Crippen LogP contribution is -2.09. The zero-order chi connectivity index (χ0) is 37.0. The van der Waals surface area contributed by atoms with E-state index in [1.807, 2.05) is 22.7 Å². The fourth-order valence-electron chi connectivity index (χ4n) is 8.11. The third-order valence-corrected chi connectivity index (χ3v) is 13.2. The van der Waals surface area contributed by atoms with Crippen LogP contribution in [0.2, 0.25) is 0 Å². The minimum Gasteiger partial charge on any atom is -0.311 e. The summed E-state index contributed by atoms with van der Waals surface area (Å²) in [5.74, 6) is 0. The van der Waals surface area contributed by atoms with Gasteiger partial charge in [0.05, 0.1) is 0 Å². The zero-order valence-corrected chi connectivity index (χ0v) is 32.0. The van der Waals surface area contributed by atoms with Crippen molar-refractivity contribution in [3.05, 3.63) is 206 Å². The Morgan fingerprint density at radius 3 is 1.02 bits per heavy atom. The van der Waals surface area contributed by atoms with Crippen LogP contribution in [0.4, 0.5) is 17.1 Å². The highest BCUT2D eigenvalue weighted by Gasteiger charge is 2.22. The van der Waals surface area contributed by atoms with Gasteiger partial charge >= 0.3 is 0 Å². The van der Waals surface area contributed by atoms with Crippen molar-refractivity contribution in [1.82, 2.24) is 4.57 Å². The molecule has 0 aliphatic rings. The molecular formula is C52H34N2S2. The van der Waals surface area contributed by atoms with Gasteiger partial charge in [0.15, 0.2) is 0 Å². The number of thiophene rings is 2. The van der Waals surface area contributed by atoms with Gasteiger partial charge in [-0.15, -0.1) is 22.7 Å². The summed E-state index contributed by atoms with van der Waals surface area (Å²) in [7, 11) is 0. The molecule has 0 bridgehead atoms. The Balaban J connectivity index is 0.955. The van der Waals surface area contributed by atoms with Crippen LogP contribution in [-0.2, 0) is 0 Å². The monoisotopic (exact) mass is 750 g/mol. The zero-order valence-electron chi connectivity index (χ0n) is 30.3. The second-order valence-electron chi connectivity index (χ2n) is 14.1. The molecule has 2 nitrogen and oxygen atoms in total. The van der Waals surface area contributed by atoms with Gasteiger partial charge in [0.1, 0.15) is 9.66 Å². The molecule has 56 heavy (non-hydrogen) atoms. The Morgan fingerprint density at radius 2 is 0.625 bits per heavy atom. The molecule has 0 aliphatic carbocycles. The number of fused-ring (bicyclic) bond motifs is 7. The van der Waals surface area contributed by atoms with Crippen LogP contribution >= 0.6 is 22.7 Å². The van der Waals surface area contributed by atoms with Crippen LogP contribution in [0.25, 0.3) is 79.7 Å². The van der Waals surface area contributed by atoms with Crippen LogP contribution in [0.15, 0.2) is 206 Å². The average molecular weight is 751 g/mol. The van der Waals surface area contributed by atoms with Crippen LogP contribution in [0.3, 0.4) is 0 Å². The van der Waals surface area contributed by atoms with Crippen LogP contribution in [0.5, 0.6) is 0 Å². The summed E-state index contributed by atoms with van der Waals surface area (Å²) in [6, 6.07) is 74.7. The Hall–Kier alpha value is -6.72. The van der Waals surface area contributed by atoms with Gasteiger partial charge < -0.3 is 4.90 Å². The normalized spacial score (nSPS) is 11.6. The van der Waals surface area contributed by atoms with Gasteiger partial charge in [0.2, 0.25) is 0 Å². The summed E-state index contributed by atoms with van der Waals surface area (Å²) in [5, 5.41) is 5.41. The van der Waals surface area contributed by atoms with Crippen LogP contribution in [0, 0.1) is 0 Å². The fraction of sp³-hybridized carbons (Fsp3) is 0. The van der Waals surface area contributed by atoms with Gasteiger partial charge in [-0.1, -0.05) is 146 Å². The van der Waals surface area contributed by atoms with E-state index in [1.165, 1.54) is 79.7 Å². The first-order valence-corrected chi connectivity index (χ1v) is 20.6. The molecule has 0 saturated heterocycles. The minimum absolute atomic E-state index is 1.11. The van der Waals surface area contributed by atoms with E-state index in [4.69, 9.17) is 0 Å². The quantitative estimate of drug-likeness (QED) is 0.157. The molecule has 0 saturated carbocycles. The highest BCUT2D eigenvalue weighted by molar-refractivity contribution is 7.28. The van der Waals surface area contributed by atoms with E-state index in [0.717, 1.165) is 17.1 Å². The maximum Gasteiger partial charge on any atom is 0.110 e. The van der Waals surface area contributed by atoms with E-state index < -0.39 is 0 Å². The molecule has 0 radical (unpaired) electrons. The maximum absolute atomic E-state index is 2.48. The summed E-state index contributed by atoms with van der Waals surface area (Å²) in [6.45, 7) is 0. The van der Waals surface area contributed by atoms with Crippen molar-refractivity contribution < 1.29 is 0 Å². The molecule has 4 heteroatoms. The first-order valence-electron chi connectivity index (χ1n) is 18.9. The Morgan fingerprint density at radius 1 is 0.304 bits per heavy atom. The largest absolute Gasteiger partial charge is 0.311 e. The van der Waals surface area contributed by atoms with E-state index >= 15 is 0 Å². The number of anilines is 3. The predicted molar refractivity (Wildman–Crippen MR) is 243 cm³/mol. The Bertz CT molecular complexity index is 2970. The molecule has 11 rings (SSSR count). The third-order valence-electron chi connectivity index (χ3n) is 10.9. The molecule has 11 aromatic rings. The van der Waals surface area contributed by atoms with Crippen molar-refractivity contribution in [1.29, 1.82) is 0 Å². The second-order valence-corrected chi connectivity index (χ2v) is 16.2. The molecule has 3 aromatic heterocycles. The van der Waals surface area contributed by atoms with E-state index in [1.54, 1.807) is 0 Å². The molecule has 3 heterocycles. The summed E-state index contributed by atoms with van der Waals surface area (Å²) in [4.78, 5) is 4.96. The molecular weight excluding hydrogens is 717 g/mol. The fourth-order valence-corrected chi connectivity index (χ4v) is 10.6. The van der Waals surface area contributed by atoms with Crippen molar-refractivity contribution in [2.75, 3.05) is 4.90 Å². The Labute approximate surface area is 333 Å². The standard InChI is InChI=1S/C52H34N2S2/c1-3-11-35(12-4-1)37-19-27-41(28-20-37)53(42-29-21-38(22-30-42)36-13-5-2-6-14-36)43-31-23-39(24-32-43)40-25-33-44(34-26-40)54-51-49(45-15-7-9-17-47(45)55-51)50-46-16-8-10-18-48(46)56-52(50)54/h1-34H. The summed E-state index contributed by atoms with van der Waals surface area (Å²) in [6.07, 6.45) is 0. The molecule has 0 spiro atoms. The van der Waals surface area contributed by atoms with E-state index in [0.29, 0.717) is 0 Å². The molecule has 0 fully saturated rings. The average Bonchev–Trinajstić information content (AvgIpc) is 3.93. The van der Waals surface area contributed by atoms with Crippen molar-refractivity contribution in [3.63, 3.8) is 0 Å². The van der Waals surface area contributed by atoms with Gasteiger partial charge in [-0.25, -0.2) is 0 Å². The van der Waals surface area contributed by atoms with Gasteiger partial charge in [0.25, 0.3) is 0 Å². The third kappa shape index (κ3) is 5.53. The van der Waals surface area contributed by atoms with Crippen LogP contribution in [-0.4, -0.2) is 4.57 Å². The number of benzene rings is 8. The van der Waals surface area contributed by atoms with Gasteiger partial charge in [-0.05, 0) is 94.0 Å². The molecule has 0 aliphatic heterocycles. The van der Waals surface area contributed by atoms with Crippen LogP contribution in [0.1, 0.15) is 0 Å². The number of nitrogens with zero attached hydrogens (tertiary/aromatic N) is 2. The highest BCUT2D eigenvalue weighted by atomic mass is 32.1. The second kappa shape index (κ2) is 13.5. The molecule has 0 amide bonds. The maximum atomic E-state index is 2.48. The summed E-state index contributed by atoms with van der Waals surface area (Å²) < 4.78 is 5.14. The number of aromatic nitrogens is 1. The topological polar surface area (TPSA) is 8.17 Å². The lowest BCUT2D eigenvalue weighted by atomic mass is 10.0. The first-order chi connectivity index (χ1) is 27.8. The van der Waals surface area contributed by atoms with E-state index in [-0.39, 0.29) is 0 Å². The van der Waals surface area contributed by atoms with Crippen molar-refractivity contribution >= 4 is 80.3 Å². The molecule has 0 N–H and O–H groups in total. The highest BCUT2D eigenvalue weighted by Crippen LogP contribution is 2.48. The van der Waals surface area contributed by atoms with Gasteiger partial charge in [0, 0.05) is 53.7 Å². The SMILES string of the molecule is c1ccc(-c2ccc(N(c3ccc(-c4ccccc4)cc3)c3ccc(-c4ccc(-n5c6sc7ccccc7c6c6c7ccccc7sc65)cc4)cc3)cc2)cc1. The number of hydrogen-bond acceptors (Lipinski definition) is 3. The molecule has 8 aromatic carbocycles. The predicted octanol–water partition coefficient (Wildman–Crippen LogP) is 15.7. The first kappa shape index (κ1) is 32.7. The van der Waals surface area contributed by atoms with E-state index in [9.17, 15) is 0 Å². The van der Waals surface area contributed by atoms with Crippen LogP contribution < -0.4 is 4.90 Å². The molecule has 264 valence electrons. The molecule has 0 atom stereocenters. The van der Waals surface area contributed by atoms with Crippen molar-refractivity contribution in [2.45, 2.75) is 0 Å². The van der Waals surface area contributed by atoms with Crippen molar-refractivity contribution in [3.8, 4) is 39.1 Å². The van der Waals surface area contributed by atoms with Gasteiger partial charge in [-0.3, -0.25) is 4.57 Å². The lowest BCUT2D eigenvalue weighted by Gasteiger charge is -2.26. The number of hydrogen-bond donors (Lipinski definition) is 0. The van der Waals surface area contributed by atoms with Gasteiger partial charge in [-0.2, -0.15) is 0 Å². The summed E-state index contributed by atoms with van der Waals surface area (Å²) >= 11 is 3.77. The summed E-state index contributed by atoms with van der Waals surface area (Å²) in [5.41, 5.74) is 11.7. The lowest BCUT2D eigenvalue weighted by molar-refractivity contribution is 1.21. The number of rotatable bonds is 7. The minimum atomic E-state index is 1.11. The van der Waals surface area contributed by atoms with Crippen molar-refractivity contribution in [2.24, 2.45) is 0 Å².